The Morgan fingerprint density at radius 1 is 1.03 bits per heavy atom. The minimum absolute atomic E-state index is 0.466. The van der Waals surface area contributed by atoms with Crippen molar-refractivity contribution in [2.75, 3.05) is 40.3 Å². The van der Waals surface area contributed by atoms with Crippen molar-refractivity contribution in [1.82, 2.24) is 25.6 Å². The van der Waals surface area contributed by atoms with Crippen LogP contribution in [0.5, 0.6) is 0 Å². The summed E-state index contributed by atoms with van der Waals surface area (Å²) in [7, 11) is 4.00. The Morgan fingerprint density at radius 3 is 2.47 bits per heavy atom. The summed E-state index contributed by atoms with van der Waals surface area (Å²) in [5, 5.41) is 10.9. The topological polar surface area (TPSA) is 68.9 Å². The van der Waals surface area contributed by atoms with Gasteiger partial charge in [-0.25, -0.2) is 0 Å². The molecule has 0 spiro atoms. The van der Waals surface area contributed by atoms with Crippen LogP contribution in [0.3, 0.4) is 0 Å². The third-order valence-corrected chi connectivity index (χ3v) is 6.34. The van der Waals surface area contributed by atoms with Crippen LogP contribution in [0.15, 0.2) is 39.8 Å². The maximum absolute atomic E-state index is 5.49. The summed E-state index contributed by atoms with van der Waals surface area (Å²) in [6.07, 6.45) is 3.40. The predicted octanol–water partition coefficient (Wildman–Crippen LogP) is 3.58. The third-order valence-electron chi connectivity index (χ3n) is 6.34. The fraction of sp³-hybridized carbons (Fsp3) is 0.600. The van der Waals surface area contributed by atoms with Crippen LogP contribution in [0.1, 0.15) is 61.6 Å². The molecule has 0 bridgehead atoms. The van der Waals surface area contributed by atoms with Gasteiger partial charge in [-0.05, 0) is 50.5 Å². The molecule has 1 fully saturated rings. The molecule has 7 heteroatoms. The number of aliphatic imine (C=N–C) groups is 1. The van der Waals surface area contributed by atoms with Crippen molar-refractivity contribution in [3.05, 3.63) is 52.9 Å². The Balaban J connectivity index is 1.43. The van der Waals surface area contributed by atoms with E-state index in [1.165, 1.54) is 30.6 Å². The first kappa shape index (κ1) is 24.3. The van der Waals surface area contributed by atoms with Crippen molar-refractivity contribution >= 4 is 5.96 Å². The molecule has 0 amide bonds. The van der Waals surface area contributed by atoms with Gasteiger partial charge < -0.3 is 20.1 Å². The van der Waals surface area contributed by atoms with Gasteiger partial charge in [0.25, 0.3) is 0 Å². The van der Waals surface area contributed by atoms with E-state index in [0.29, 0.717) is 12.5 Å². The van der Waals surface area contributed by atoms with E-state index in [4.69, 9.17) is 4.52 Å². The van der Waals surface area contributed by atoms with Crippen LogP contribution < -0.4 is 10.6 Å². The Hall–Kier alpha value is -2.38. The monoisotopic (exact) mass is 440 g/mol. The standard InChI is InChI=1S/C25H40N6O/c1-5-22(6-2)24-16-23(32-29-24)18-28-25(26-3)27-17-20-8-10-21(11-9-20)19-31-13-7-12-30(4)14-15-31/h8-11,16,22H,5-7,12-15,17-19H2,1-4H3,(H2,26,27,28). The number of guanidine groups is 1. The lowest BCUT2D eigenvalue weighted by Crippen LogP contribution is -2.36. The van der Waals surface area contributed by atoms with E-state index in [-0.39, 0.29) is 0 Å². The number of hydrogen-bond acceptors (Lipinski definition) is 5. The first-order valence-corrected chi connectivity index (χ1v) is 12.0. The third kappa shape index (κ3) is 7.35. The zero-order valence-corrected chi connectivity index (χ0v) is 20.2. The number of nitrogens with zero attached hydrogens (tertiary/aromatic N) is 4. The van der Waals surface area contributed by atoms with E-state index in [9.17, 15) is 0 Å². The number of aromatic nitrogens is 1. The second kappa shape index (κ2) is 12.6. The van der Waals surface area contributed by atoms with Crippen molar-refractivity contribution < 1.29 is 4.52 Å². The summed E-state index contributed by atoms with van der Waals surface area (Å²) >= 11 is 0. The van der Waals surface area contributed by atoms with Crippen molar-refractivity contribution in [2.24, 2.45) is 4.99 Å². The van der Waals surface area contributed by atoms with E-state index < -0.39 is 0 Å². The molecule has 1 aliphatic heterocycles. The molecule has 1 aromatic heterocycles. The van der Waals surface area contributed by atoms with Crippen LogP contribution in [-0.4, -0.2) is 61.2 Å². The van der Waals surface area contributed by atoms with Crippen LogP contribution in [-0.2, 0) is 19.6 Å². The zero-order valence-electron chi connectivity index (χ0n) is 20.2. The van der Waals surface area contributed by atoms with Crippen LogP contribution in [0.4, 0.5) is 0 Å². The highest BCUT2D eigenvalue weighted by Crippen LogP contribution is 2.22. The quantitative estimate of drug-likeness (QED) is 0.459. The smallest absolute Gasteiger partial charge is 0.191 e. The van der Waals surface area contributed by atoms with Gasteiger partial charge in [0.05, 0.1) is 12.2 Å². The Morgan fingerprint density at radius 2 is 1.75 bits per heavy atom. The second-order valence-corrected chi connectivity index (χ2v) is 8.76. The van der Waals surface area contributed by atoms with E-state index in [0.717, 1.165) is 56.4 Å². The van der Waals surface area contributed by atoms with Gasteiger partial charge in [-0.15, -0.1) is 0 Å². The van der Waals surface area contributed by atoms with Gasteiger partial charge in [-0.3, -0.25) is 9.89 Å². The SMILES string of the molecule is CCC(CC)c1cc(CNC(=NC)NCc2ccc(CN3CCCN(C)CC3)cc2)on1. The largest absolute Gasteiger partial charge is 0.359 e. The van der Waals surface area contributed by atoms with Crippen molar-refractivity contribution in [3.8, 4) is 0 Å². The van der Waals surface area contributed by atoms with Crippen LogP contribution in [0.25, 0.3) is 0 Å². The molecule has 7 nitrogen and oxygen atoms in total. The van der Waals surface area contributed by atoms with Gasteiger partial charge in [0, 0.05) is 45.2 Å². The zero-order chi connectivity index (χ0) is 22.8. The van der Waals surface area contributed by atoms with E-state index in [2.05, 4.69) is 81.8 Å². The summed E-state index contributed by atoms with van der Waals surface area (Å²) in [5.41, 5.74) is 3.66. The average molecular weight is 441 g/mol. The van der Waals surface area contributed by atoms with Crippen molar-refractivity contribution in [3.63, 3.8) is 0 Å². The van der Waals surface area contributed by atoms with Gasteiger partial charge in [0.15, 0.2) is 11.7 Å². The lowest BCUT2D eigenvalue weighted by molar-refractivity contribution is 0.269. The van der Waals surface area contributed by atoms with Gasteiger partial charge in [0.1, 0.15) is 0 Å². The number of hydrogen-bond donors (Lipinski definition) is 2. The predicted molar refractivity (Wildman–Crippen MR) is 131 cm³/mol. The lowest BCUT2D eigenvalue weighted by Gasteiger charge is -2.20. The maximum atomic E-state index is 5.49. The molecule has 2 aromatic rings. The molecule has 176 valence electrons. The molecule has 1 aliphatic rings. The molecular weight excluding hydrogens is 400 g/mol. The molecule has 0 saturated carbocycles. The van der Waals surface area contributed by atoms with Gasteiger partial charge >= 0.3 is 0 Å². The Bertz CT molecular complexity index is 827. The van der Waals surface area contributed by atoms with E-state index in [1.807, 2.05) is 0 Å². The molecule has 1 aromatic carbocycles. The highest BCUT2D eigenvalue weighted by molar-refractivity contribution is 5.79. The number of nitrogens with one attached hydrogen (secondary N) is 2. The van der Waals surface area contributed by atoms with Crippen LogP contribution in [0.2, 0.25) is 0 Å². The fourth-order valence-electron chi connectivity index (χ4n) is 4.17. The normalized spacial score (nSPS) is 16.3. The summed E-state index contributed by atoms with van der Waals surface area (Å²) in [4.78, 5) is 9.30. The van der Waals surface area contributed by atoms with Gasteiger partial charge in [0.2, 0.25) is 0 Å². The molecule has 2 heterocycles. The van der Waals surface area contributed by atoms with Crippen molar-refractivity contribution in [2.45, 2.75) is 58.7 Å². The highest BCUT2D eigenvalue weighted by atomic mass is 16.5. The maximum Gasteiger partial charge on any atom is 0.191 e. The first-order valence-electron chi connectivity index (χ1n) is 12.0. The van der Waals surface area contributed by atoms with Gasteiger partial charge in [-0.1, -0.05) is 43.3 Å². The average Bonchev–Trinajstić information content (AvgIpc) is 3.18. The number of rotatable bonds is 9. The molecular formula is C25H40N6O. The molecule has 1 saturated heterocycles. The second-order valence-electron chi connectivity index (χ2n) is 8.76. The minimum atomic E-state index is 0.466. The Kier molecular flexibility index (Phi) is 9.56. The number of benzene rings is 1. The van der Waals surface area contributed by atoms with E-state index in [1.54, 1.807) is 7.05 Å². The summed E-state index contributed by atoms with van der Waals surface area (Å²) in [6, 6.07) is 11.0. The van der Waals surface area contributed by atoms with Crippen LogP contribution in [0, 0.1) is 0 Å². The lowest BCUT2D eigenvalue weighted by atomic mass is 9.99. The minimum Gasteiger partial charge on any atom is -0.359 e. The first-order chi connectivity index (χ1) is 15.6. The van der Waals surface area contributed by atoms with Crippen molar-refractivity contribution in [1.29, 1.82) is 0 Å². The molecule has 2 N–H and O–H groups in total. The van der Waals surface area contributed by atoms with Crippen LogP contribution >= 0.6 is 0 Å². The summed E-state index contributed by atoms with van der Waals surface area (Å²) < 4.78 is 5.49. The summed E-state index contributed by atoms with van der Waals surface area (Å²) in [5.74, 6) is 2.05. The Labute approximate surface area is 193 Å². The molecule has 0 radical (unpaired) electrons. The summed E-state index contributed by atoms with van der Waals surface area (Å²) in [6.45, 7) is 11.4. The fourth-order valence-corrected chi connectivity index (χ4v) is 4.17. The molecule has 0 unspecified atom stereocenters. The van der Waals surface area contributed by atoms with Gasteiger partial charge in [-0.2, -0.15) is 0 Å². The molecule has 32 heavy (non-hydrogen) atoms. The molecule has 3 rings (SSSR count). The highest BCUT2D eigenvalue weighted by Gasteiger charge is 2.14. The van der Waals surface area contributed by atoms with E-state index >= 15 is 0 Å². The molecule has 0 atom stereocenters. The number of likely N-dealkylation sites (N-methyl/N-ethyl adjacent to an activating group) is 1. The molecule has 0 aliphatic carbocycles.